The molecule has 1 aliphatic heterocycles. The molecule has 0 saturated heterocycles. The summed E-state index contributed by atoms with van der Waals surface area (Å²) in [6, 6.07) is 8.64. The van der Waals surface area contributed by atoms with Gasteiger partial charge in [0.15, 0.2) is 0 Å². The predicted octanol–water partition coefficient (Wildman–Crippen LogP) is 3.06. The van der Waals surface area contributed by atoms with Gasteiger partial charge in [-0.25, -0.2) is 0 Å². The zero-order chi connectivity index (χ0) is 17.9. The van der Waals surface area contributed by atoms with Crippen molar-refractivity contribution in [3.63, 3.8) is 0 Å². The maximum absolute atomic E-state index is 12.9. The smallest absolute Gasteiger partial charge is 0.308 e. The van der Waals surface area contributed by atoms with Crippen molar-refractivity contribution >= 4 is 11.8 Å². The Bertz CT molecular complexity index is 728. The molecule has 1 aromatic rings. The summed E-state index contributed by atoms with van der Waals surface area (Å²) in [6.45, 7) is 6.01. The van der Waals surface area contributed by atoms with E-state index in [0.29, 0.717) is 29.9 Å². The number of carbonyl (C=O) groups is 2. The number of nitrogens with zero attached hydrogens (tertiary/aromatic N) is 2. The molecule has 0 N–H and O–H groups in total. The van der Waals surface area contributed by atoms with Gasteiger partial charge < -0.3 is 9.64 Å². The third-order valence-electron chi connectivity index (χ3n) is 4.52. The first-order valence-electron chi connectivity index (χ1n) is 7.96. The number of allylic oxidation sites excluding steroid dienone is 1. The molecule has 0 spiro atoms. The monoisotopic (exact) mass is 326 g/mol. The molecule has 1 atom stereocenters. The lowest BCUT2D eigenvalue weighted by Crippen LogP contribution is -2.42. The van der Waals surface area contributed by atoms with Crippen LogP contribution in [0.3, 0.4) is 0 Å². The van der Waals surface area contributed by atoms with Gasteiger partial charge in [-0.3, -0.25) is 9.59 Å². The number of carbonyl (C=O) groups excluding carboxylic acids is 2. The van der Waals surface area contributed by atoms with Crippen molar-refractivity contribution in [2.75, 3.05) is 13.7 Å². The zero-order valence-electron chi connectivity index (χ0n) is 14.5. The number of esters is 1. The Balaban J connectivity index is 2.23. The zero-order valence-corrected chi connectivity index (χ0v) is 14.5. The number of nitriles is 1. The van der Waals surface area contributed by atoms with Crippen molar-refractivity contribution in [1.29, 1.82) is 5.26 Å². The van der Waals surface area contributed by atoms with Crippen LogP contribution in [0.5, 0.6) is 0 Å². The summed E-state index contributed by atoms with van der Waals surface area (Å²) in [6.07, 6.45) is 0.874. The highest BCUT2D eigenvalue weighted by molar-refractivity contribution is 6.09. The quantitative estimate of drug-likeness (QED) is 0.614. The highest BCUT2D eigenvalue weighted by Gasteiger charge is 2.42. The molecule has 1 aromatic carbocycles. The second-order valence-corrected chi connectivity index (χ2v) is 6.36. The highest BCUT2D eigenvalue weighted by Crippen LogP contribution is 2.39. The Hall–Kier alpha value is -2.61. The van der Waals surface area contributed by atoms with E-state index in [4.69, 9.17) is 10.00 Å². The van der Waals surface area contributed by atoms with Gasteiger partial charge in [-0.15, -0.1) is 0 Å². The molecule has 24 heavy (non-hydrogen) atoms. The molecule has 0 amide bonds. The molecule has 1 aliphatic rings. The summed E-state index contributed by atoms with van der Waals surface area (Å²) < 4.78 is 5.06. The van der Waals surface area contributed by atoms with E-state index in [-0.39, 0.29) is 18.2 Å². The Labute approximate surface area is 142 Å². The molecule has 1 heterocycles. The average Bonchev–Trinajstić information content (AvgIpc) is 2.76. The first-order chi connectivity index (χ1) is 11.3. The number of benzene rings is 1. The molecule has 0 bridgehead atoms. The van der Waals surface area contributed by atoms with Crippen LogP contribution in [0.25, 0.3) is 0 Å². The SMILES string of the molecule is CCOC(=O)CC1(C)CC(C)=C(C(=O)c2ccc(C#N)cc2)N1C. The summed E-state index contributed by atoms with van der Waals surface area (Å²) in [7, 11) is 1.84. The molecule has 126 valence electrons. The van der Waals surface area contributed by atoms with E-state index in [2.05, 4.69) is 0 Å². The molecule has 0 aliphatic carbocycles. The van der Waals surface area contributed by atoms with Crippen LogP contribution in [-0.2, 0) is 9.53 Å². The summed E-state index contributed by atoms with van der Waals surface area (Å²) in [5.74, 6) is -0.348. The molecule has 1 unspecified atom stereocenters. The molecule has 5 nitrogen and oxygen atoms in total. The Morgan fingerprint density at radius 2 is 1.96 bits per heavy atom. The fourth-order valence-corrected chi connectivity index (χ4v) is 3.21. The van der Waals surface area contributed by atoms with Crippen molar-refractivity contribution in [3.8, 4) is 6.07 Å². The van der Waals surface area contributed by atoms with Gasteiger partial charge in [0.25, 0.3) is 0 Å². The lowest BCUT2D eigenvalue weighted by Gasteiger charge is -2.34. The minimum absolute atomic E-state index is 0.0907. The van der Waals surface area contributed by atoms with Crippen LogP contribution in [0.15, 0.2) is 35.5 Å². The Kier molecular flexibility index (Phi) is 5.08. The second-order valence-electron chi connectivity index (χ2n) is 6.36. The van der Waals surface area contributed by atoms with Crippen LogP contribution < -0.4 is 0 Å². The van der Waals surface area contributed by atoms with Gasteiger partial charge in [-0.2, -0.15) is 5.26 Å². The lowest BCUT2D eigenvalue weighted by molar-refractivity contribution is -0.145. The summed E-state index contributed by atoms with van der Waals surface area (Å²) in [4.78, 5) is 26.6. The van der Waals surface area contributed by atoms with Gasteiger partial charge in [0.1, 0.15) is 0 Å². The van der Waals surface area contributed by atoms with Crippen LogP contribution in [0, 0.1) is 11.3 Å². The van der Waals surface area contributed by atoms with E-state index in [0.717, 1.165) is 5.57 Å². The predicted molar refractivity (Wildman–Crippen MR) is 90.2 cm³/mol. The van der Waals surface area contributed by atoms with E-state index < -0.39 is 5.54 Å². The largest absolute Gasteiger partial charge is 0.466 e. The van der Waals surface area contributed by atoms with Crippen LogP contribution in [0.4, 0.5) is 0 Å². The van der Waals surface area contributed by atoms with E-state index in [9.17, 15) is 9.59 Å². The minimum Gasteiger partial charge on any atom is -0.466 e. The maximum atomic E-state index is 12.9. The molecular weight excluding hydrogens is 304 g/mol. The van der Waals surface area contributed by atoms with Crippen LogP contribution in [-0.4, -0.2) is 35.8 Å². The summed E-state index contributed by atoms with van der Waals surface area (Å²) >= 11 is 0. The average molecular weight is 326 g/mol. The van der Waals surface area contributed by atoms with Crippen molar-refractivity contribution in [1.82, 2.24) is 4.90 Å². The number of ether oxygens (including phenoxy) is 1. The Morgan fingerprint density at radius 1 is 1.33 bits per heavy atom. The van der Waals surface area contributed by atoms with Gasteiger partial charge in [-0.05, 0) is 57.0 Å². The third-order valence-corrected chi connectivity index (χ3v) is 4.52. The molecule has 0 saturated carbocycles. The normalized spacial score (nSPS) is 20.0. The van der Waals surface area contributed by atoms with Crippen molar-refractivity contribution in [2.24, 2.45) is 0 Å². The molecule has 0 aromatic heterocycles. The van der Waals surface area contributed by atoms with Crippen LogP contribution in [0.1, 0.15) is 49.5 Å². The van der Waals surface area contributed by atoms with E-state index >= 15 is 0 Å². The van der Waals surface area contributed by atoms with Crippen molar-refractivity contribution in [3.05, 3.63) is 46.7 Å². The van der Waals surface area contributed by atoms with E-state index in [1.54, 1.807) is 31.2 Å². The number of ketones is 1. The van der Waals surface area contributed by atoms with E-state index in [1.165, 1.54) is 0 Å². The number of likely N-dealkylation sites (N-methyl/N-ethyl adjacent to an activating group) is 1. The fraction of sp³-hybridized carbons (Fsp3) is 0.421. The van der Waals surface area contributed by atoms with Gasteiger partial charge in [0.05, 0.1) is 35.9 Å². The lowest BCUT2D eigenvalue weighted by atomic mass is 9.92. The number of rotatable bonds is 5. The Morgan fingerprint density at radius 3 is 2.50 bits per heavy atom. The minimum atomic E-state index is -0.464. The van der Waals surface area contributed by atoms with E-state index in [1.807, 2.05) is 31.9 Å². The molecular formula is C19H22N2O3. The van der Waals surface area contributed by atoms with Gasteiger partial charge >= 0.3 is 5.97 Å². The number of hydrogen-bond donors (Lipinski definition) is 0. The first kappa shape index (κ1) is 17.7. The van der Waals surface area contributed by atoms with Gasteiger partial charge in [-0.1, -0.05) is 0 Å². The molecule has 0 radical (unpaired) electrons. The molecule has 5 heteroatoms. The fourth-order valence-electron chi connectivity index (χ4n) is 3.21. The topological polar surface area (TPSA) is 70.4 Å². The van der Waals surface area contributed by atoms with Crippen molar-refractivity contribution < 1.29 is 14.3 Å². The highest BCUT2D eigenvalue weighted by atomic mass is 16.5. The molecule has 2 rings (SSSR count). The summed E-state index contributed by atoms with van der Waals surface area (Å²) in [5.41, 5.74) is 2.17. The first-order valence-corrected chi connectivity index (χ1v) is 7.96. The third kappa shape index (κ3) is 3.33. The standard InChI is InChI=1S/C19H22N2O3/c1-5-24-16(22)11-19(3)10-13(2)17(21(19)4)18(23)15-8-6-14(12-20)7-9-15/h6-9H,5,10-11H2,1-4H3. The maximum Gasteiger partial charge on any atom is 0.308 e. The van der Waals surface area contributed by atoms with Crippen LogP contribution >= 0.6 is 0 Å². The number of hydrogen-bond acceptors (Lipinski definition) is 5. The number of Topliss-reactive ketones (excluding diaryl/α,β-unsaturated/α-hetero) is 1. The summed E-state index contributed by atoms with van der Waals surface area (Å²) in [5, 5.41) is 8.86. The van der Waals surface area contributed by atoms with Crippen molar-refractivity contribution in [2.45, 2.75) is 39.2 Å². The van der Waals surface area contributed by atoms with Gasteiger partial charge in [0, 0.05) is 12.6 Å². The second kappa shape index (κ2) is 6.88. The molecule has 0 fully saturated rings. The van der Waals surface area contributed by atoms with Crippen LogP contribution in [0.2, 0.25) is 0 Å². The van der Waals surface area contributed by atoms with Gasteiger partial charge in [0.2, 0.25) is 5.78 Å².